The first-order chi connectivity index (χ1) is 9.15. The Labute approximate surface area is 115 Å². The van der Waals surface area contributed by atoms with Crippen molar-refractivity contribution in [3.8, 4) is 0 Å². The van der Waals surface area contributed by atoms with Gasteiger partial charge >= 0.3 is 0 Å². The van der Waals surface area contributed by atoms with Crippen LogP contribution in [0.5, 0.6) is 0 Å². The normalized spacial score (nSPS) is 14.2. The molecular weight excluding hydrogens is 238 g/mol. The number of aryl methyl sites for hydroxylation is 1. The number of likely N-dealkylation sites (N-methyl/N-ethyl adjacent to an activating group) is 1. The minimum atomic E-state index is 0.179. The van der Waals surface area contributed by atoms with Gasteiger partial charge in [0.25, 0.3) is 0 Å². The Hall–Kier alpha value is -1.55. The number of nitrogens with zero attached hydrogens (tertiary/aromatic N) is 2. The Bertz CT molecular complexity index is 459. The molecule has 0 bridgehead atoms. The van der Waals surface area contributed by atoms with Crippen LogP contribution in [0.2, 0.25) is 0 Å². The number of hydrogen-bond acceptors (Lipinski definition) is 3. The fraction of sp³-hybridized carbons (Fsp3) is 0.533. The van der Waals surface area contributed by atoms with Crippen molar-refractivity contribution in [3.63, 3.8) is 0 Å². The molecule has 1 amide bonds. The van der Waals surface area contributed by atoms with Gasteiger partial charge in [-0.15, -0.1) is 0 Å². The fourth-order valence-corrected chi connectivity index (χ4v) is 2.48. The van der Waals surface area contributed by atoms with E-state index in [-0.39, 0.29) is 5.91 Å². The molecular formula is C15H23N3O. The fourth-order valence-electron chi connectivity index (χ4n) is 2.48. The van der Waals surface area contributed by atoms with Gasteiger partial charge in [0.15, 0.2) is 0 Å². The highest BCUT2D eigenvalue weighted by atomic mass is 16.2. The number of amides is 1. The van der Waals surface area contributed by atoms with Crippen LogP contribution in [0.25, 0.3) is 0 Å². The first-order valence-electron chi connectivity index (χ1n) is 6.96. The molecule has 0 atom stereocenters. The second-order valence-corrected chi connectivity index (χ2v) is 5.10. The number of benzene rings is 1. The van der Waals surface area contributed by atoms with E-state index in [1.165, 1.54) is 11.3 Å². The van der Waals surface area contributed by atoms with Crippen molar-refractivity contribution in [2.45, 2.75) is 26.3 Å². The molecule has 0 fully saturated rings. The zero-order valence-corrected chi connectivity index (χ0v) is 11.9. The maximum absolute atomic E-state index is 12.0. The third kappa shape index (κ3) is 3.07. The molecule has 0 saturated heterocycles. The highest BCUT2D eigenvalue weighted by Gasteiger charge is 2.20. The van der Waals surface area contributed by atoms with E-state index in [0.29, 0.717) is 13.1 Å². The molecule has 0 spiro atoms. The van der Waals surface area contributed by atoms with Crippen LogP contribution in [-0.4, -0.2) is 37.5 Å². The molecule has 0 radical (unpaired) electrons. The number of fused-ring (bicyclic) bond motifs is 1. The van der Waals surface area contributed by atoms with Gasteiger partial charge in [-0.25, -0.2) is 0 Å². The van der Waals surface area contributed by atoms with E-state index in [1.807, 2.05) is 14.0 Å². The number of carbonyl (C=O) groups excluding carboxylic acids is 1. The van der Waals surface area contributed by atoms with Crippen molar-refractivity contribution in [2.75, 3.05) is 31.6 Å². The lowest BCUT2D eigenvalue weighted by Crippen LogP contribution is -2.40. The maximum Gasteiger partial charge on any atom is 0.241 e. The monoisotopic (exact) mass is 261 g/mol. The summed E-state index contributed by atoms with van der Waals surface area (Å²) in [4.78, 5) is 16.0. The summed E-state index contributed by atoms with van der Waals surface area (Å²) in [6.45, 7) is 4.75. The van der Waals surface area contributed by atoms with Crippen LogP contribution in [-0.2, 0) is 17.8 Å². The van der Waals surface area contributed by atoms with Crippen molar-refractivity contribution in [1.82, 2.24) is 4.90 Å². The SMILES string of the molecule is CCN(C)C(=O)CN1CCCc2cc(CN)ccc21. The van der Waals surface area contributed by atoms with Crippen LogP contribution in [0, 0.1) is 0 Å². The summed E-state index contributed by atoms with van der Waals surface area (Å²) in [6, 6.07) is 6.34. The van der Waals surface area contributed by atoms with Crippen molar-refractivity contribution in [3.05, 3.63) is 29.3 Å². The van der Waals surface area contributed by atoms with Crippen LogP contribution in [0.4, 0.5) is 5.69 Å². The quantitative estimate of drug-likeness (QED) is 0.890. The largest absolute Gasteiger partial charge is 0.362 e. The standard InChI is InChI=1S/C15H23N3O/c1-3-17(2)15(19)11-18-8-4-5-13-9-12(10-16)6-7-14(13)18/h6-7,9H,3-5,8,10-11,16H2,1-2H3. The van der Waals surface area contributed by atoms with E-state index in [1.54, 1.807) is 4.90 Å². The molecule has 1 aliphatic rings. The topological polar surface area (TPSA) is 49.6 Å². The Balaban J connectivity index is 2.16. The van der Waals surface area contributed by atoms with Crippen molar-refractivity contribution in [2.24, 2.45) is 5.73 Å². The van der Waals surface area contributed by atoms with Crippen LogP contribution < -0.4 is 10.6 Å². The average molecular weight is 261 g/mol. The summed E-state index contributed by atoms with van der Waals surface area (Å²) in [5.74, 6) is 0.179. The van der Waals surface area contributed by atoms with Crippen LogP contribution in [0.1, 0.15) is 24.5 Å². The average Bonchev–Trinajstić information content (AvgIpc) is 2.45. The predicted molar refractivity (Wildman–Crippen MR) is 78.2 cm³/mol. The first-order valence-corrected chi connectivity index (χ1v) is 6.96. The smallest absolute Gasteiger partial charge is 0.241 e. The highest BCUT2D eigenvalue weighted by Crippen LogP contribution is 2.27. The summed E-state index contributed by atoms with van der Waals surface area (Å²) in [5.41, 5.74) is 9.36. The van der Waals surface area contributed by atoms with Crippen LogP contribution in [0.15, 0.2) is 18.2 Å². The summed E-state index contributed by atoms with van der Waals surface area (Å²) in [7, 11) is 1.85. The van der Waals surface area contributed by atoms with Gasteiger partial charge in [0, 0.05) is 32.4 Å². The van der Waals surface area contributed by atoms with E-state index < -0.39 is 0 Å². The number of carbonyl (C=O) groups is 1. The van der Waals surface area contributed by atoms with Crippen molar-refractivity contribution in [1.29, 1.82) is 0 Å². The van der Waals surface area contributed by atoms with Crippen molar-refractivity contribution >= 4 is 11.6 Å². The number of nitrogens with two attached hydrogens (primary N) is 1. The van der Waals surface area contributed by atoms with Gasteiger partial charge in [0.2, 0.25) is 5.91 Å². The lowest BCUT2D eigenvalue weighted by atomic mass is 9.99. The molecule has 0 aromatic heterocycles. The van der Waals surface area contributed by atoms with E-state index in [0.717, 1.165) is 31.5 Å². The molecule has 1 aromatic rings. The van der Waals surface area contributed by atoms with E-state index >= 15 is 0 Å². The molecule has 0 saturated carbocycles. The van der Waals surface area contributed by atoms with Gasteiger partial charge in [0.1, 0.15) is 0 Å². The zero-order chi connectivity index (χ0) is 13.8. The molecule has 1 aromatic carbocycles. The number of anilines is 1. The third-order valence-electron chi connectivity index (χ3n) is 3.82. The van der Waals surface area contributed by atoms with Gasteiger partial charge in [-0.1, -0.05) is 12.1 Å². The molecule has 1 aliphatic heterocycles. The third-order valence-corrected chi connectivity index (χ3v) is 3.82. The molecule has 2 rings (SSSR count). The Kier molecular flexibility index (Phi) is 4.43. The Morgan fingerprint density at radius 3 is 2.95 bits per heavy atom. The Morgan fingerprint density at radius 2 is 2.26 bits per heavy atom. The van der Waals surface area contributed by atoms with E-state index in [2.05, 4.69) is 23.1 Å². The second kappa shape index (κ2) is 6.06. The molecule has 4 heteroatoms. The summed E-state index contributed by atoms with van der Waals surface area (Å²) in [5, 5.41) is 0. The lowest BCUT2D eigenvalue weighted by Gasteiger charge is -2.32. The van der Waals surface area contributed by atoms with E-state index in [9.17, 15) is 4.79 Å². The minimum absolute atomic E-state index is 0.179. The number of hydrogen-bond donors (Lipinski definition) is 1. The summed E-state index contributed by atoms with van der Waals surface area (Å²) >= 11 is 0. The van der Waals surface area contributed by atoms with Gasteiger partial charge in [-0.05, 0) is 37.0 Å². The number of rotatable bonds is 4. The van der Waals surface area contributed by atoms with Gasteiger partial charge in [-0.2, -0.15) is 0 Å². The molecule has 1 heterocycles. The first kappa shape index (κ1) is 13.9. The maximum atomic E-state index is 12.0. The Morgan fingerprint density at radius 1 is 1.47 bits per heavy atom. The molecule has 0 unspecified atom stereocenters. The summed E-state index contributed by atoms with van der Waals surface area (Å²) in [6.07, 6.45) is 2.18. The molecule has 0 aliphatic carbocycles. The van der Waals surface area contributed by atoms with E-state index in [4.69, 9.17) is 5.73 Å². The van der Waals surface area contributed by atoms with Gasteiger partial charge < -0.3 is 15.5 Å². The van der Waals surface area contributed by atoms with Crippen molar-refractivity contribution < 1.29 is 4.79 Å². The molecule has 4 nitrogen and oxygen atoms in total. The van der Waals surface area contributed by atoms with Gasteiger partial charge in [0.05, 0.1) is 6.54 Å². The summed E-state index contributed by atoms with van der Waals surface area (Å²) < 4.78 is 0. The molecule has 2 N–H and O–H groups in total. The second-order valence-electron chi connectivity index (χ2n) is 5.10. The lowest BCUT2D eigenvalue weighted by molar-refractivity contribution is -0.128. The van der Waals surface area contributed by atoms with Gasteiger partial charge in [-0.3, -0.25) is 4.79 Å². The molecule has 104 valence electrons. The zero-order valence-electron chi connectivity index (χ0n) is 11.9. The minimum Gasteiger partial charge on any atom is -0.362 e. The highest BCUT2D eigenvalue weighted by molar-refractivity contribution is 5.81. The van der Waals surface area contributed by atoms with Crippen LogP contribution in [0.3, 0.4) is 0 Å². The predicted octanol–water partition coefficient (Wildman–Crippen LogP) is 1.38. The molecule has 19 heavy (non-hydrogen) atoms. The van der Waals surface area contributed by atoms with Crippen LogP contribution >= 0.6 is 0 Å².